The Morgan fingerprint density at radius 1 is 0.914 bits per heavy atom. The summed E-state index contributed by atoms with van der Waals surface area (Å²) in [5, 5.41) is 18.2. The SMILES string of the molecule is O=S(=O)(Nc1ccccc1Nc1cc2c(cc1O)[C@]13CCCC[C@@H]1[C@H](C2)NCC3)c1ccccc1. The van der Waals surface area contributed by atoms with Crippen LogP contribution in [-0.4, -0.2) is 26.1 Å². The minimum absolute atomic E-state index is 0.168. The molecular formula is C28H31N3O3S. The van der Waals surface area contributed by atoms with Gasteiger partial charge in [-0.05, 0) is 85.7 Å². The largest absolute Gasteiger partial charge is 0.506 e. The molecule has 0 aromatic heterocycles. The third kappa shape index (κ3) is 3.87. The molecule has 7 heteroatoms. The van der Waals surface area contributed by atoms with Crippen molar-refractivity contribution < 1.29 is 13.5 Å². The van der Waals surface area contributed by atoms with Gasteiger partial charge in [0.05, 0.1) is 22.0 Å². The van der Waals surface area contributed by atoms with Gasteiger partial charge >= 0.3 is 0 Å². The molecule has 2 bridgehead atoms. The maximum Gasteiger partial charge on any atom is 0.261 e. The number of hydrogen-bond acceptors (Lipinski definition) is 5. The van der Waals surface area contributed by atoms with Gasteiger partial charge < -0.3 is 15.7 Å². The molecule has 1 saturated carbocycles. The van der Waals surface area contributed by atoms with Crippen molar-refractivity contribution in [1.82, 2.24) is 5.32 Å². The standard InChI is InChI=1S/C28H31N3O3S/c32-27-18-22-19(16-25-21-10-6-7-13-28(21,22)14-15-29-25)17-26(27)30-23-11-4-5-12-24(23)31-35(33,34)20-8-2-1-3-9-20/h1-5,8-9,11-12,17-18,21,25,29-32H,6-7,10,13-16H2/t21-,25+,28+/m1/s1. The van der Waals surface area contributed by atoms with E-state index in [1.807, 2.05) is 18.2 Å². The number of benzene rings is 3. The molecule has 6 nitrogen and oxygen atoms in total. The zero-order chi connectivity index (χ0) is 24.0. The van der Waals surface area contributed by atoms with Crippen molar-refractivity contribution in [3.63, 3.8) is 0 Å². The highest BCUT2D eigenvalue weighted by atomic mass is 32.2. The zero-order valence-corrected chi connectivity index (χ0v) is 20.4. The van der Waals surface area contributed by atoms with Crippen LogP contribution < -0.4 is 15.4 Å². The predicted molar refractivity (Wildman–Crippen MR) is 139 cm³/mol. The van der Waals surface area contributed by atoms with Crippen LogP contribution in [0, 0.1) is 5.92 Å². The van der Waals surface area contributed by atoms with Crippen LogP contribution in [0.1, 0.15) is 43.2 Å². The number of hydrogen-bond donors (Lipinski definition) is 4. The van der Waals surface area contributed by atoms with Gasteiger partial charge in [-0.3, -0.25) is 4.72 Å². The average Bonchev–Trinajstić information content (AvgIpc) is 2.87. The van der Waals surface area contributed by atoms with Gasteiger partial charge in [0, 0.05) is 11.5 Å². The van der Waals surface area contributed by atoms with Crippen LogP contribution >= 0.6 is 0 Å². The summed E-state index contributed by atoms with van der Waals surface area (Å²) in [4.78, 5) is 0.201. The van der Waals surface area contributed by atoms with Crippen molar-refractivity contribution in [2.45, 2.75) is 54.9 Å². The summed E-state index contributed by atoms with van der Waals surface area (Å²) in [5.74, 6) is 0.851. The summed E-state index contributed by atoms with van der Waals surface area (Å²) in [6, 6.07) is 20.0. The quantitative estimate of drug-likeness (QED) is 0.366. The van der Waals surface area contributed by atoms with Gasteiger partial charge in [-0.15, -0.1) is 0 Å². The Morgan fingerprint density at radius 3 is 2.51 bits per heavy atom. The van der Waals surface area contributed by atoms with Crippen LogP contribution in [0.3, 0.4) is 0 Å². The van der Waals surface area contributed by atoms with Gasteiger partial charge in [0.2, 0.25) is 0 Å². The Bertz CT molecular complexity index is 1360. The molecule has 182 valence electrons. The molecule has 6 rings (SSSR count). The Balaban J connectivity index is 1.33. The van der Waals surface area contributed by atoms with Gasteiger partial charge in [-0.25, -0.2) is 8.42 Å². The minimum Gasteiger partial charge on any atom is -0.506 e. The van der Waals surface area contributed by atoms with Gasteiger partial charge in [0.1, 0.15) is 5.75 Å². The number of piperidine rings is 1. The van der Waals surface area contributed by atoms with Gasteiger partial charge in [0.25, 0.3) is 10.0 Å². The first-order valence-corrected chi connectivity index (χ1v) is 14.0. The molecule has 0 radical (unpaired) electrons. The molecule has 35 heavy (non-hydrogen) atoms. The molecule has 3 atom stereocenters. The number of aromatic hydroxyl groups is 1. The fourth-order valence-corrected chi connectivity index (χ4v) is 7.80. The maximum atomic E-state index is 12.9. The molecule has 0 unspecified atom stereocenters. The van der Waals surface area contributed by atoms with Crippen LogP contribution in [0.4, 0.5) is 17.1 Å². The summed E-state index contributed by atoms with van der Waals surface area (Å²) in [7, 11) is -3.74. The molecule has 2 aliphatic carbocycles. The van der Waals surface area contributed by atoms with Crippen LogP contribution in [0.25, 0.3) is 0 Å². The molecule has 1 heterocycles. The van der Waals surface area contributed by atoms with Crippen molar-refractivity contribution in [1.29, 1.82) is 0 Å². The molecule has 2 fully saturated rings. The smallest absolute Gasteiger partial charge is 0.261 e. The molecule has 1 aliphatic heterocycles. The third-order valence-electron chi connectivity index (χ3n) is 8.25. The van der Waals surface area contributed by atoms with Crippen LogP contribution in [0.5, 0.6) is 5.75 Å². The lowest BCUT2D eigenvalue weighted by atomic mass is 9.53. The Labute approximate surface area is 206 Å². The van der Waals surface area contributed by atoms with E-state index in [4.69, 9.17) is 0 Å². The fraction of sp³-hybridized carbons (Fsp3) is 0.357. The Kier molecular flexibility index (Phi) is 5.49. The van der Waals surface area contributed by atoms with Crippen molar-refractivity contribution in [2.24, 2.45) is 5.92 Å². The molecule has 3 aromatic carbocycles. The number of fused-ring (bicyclic) bond motifs is 1. The normalized spacial score (nSPS) is 25.3. The van der Waals surface area contributed by atoms with Crippen molar-refractivity contribution >= 4 is 27.1 Å². The van der Waals surface area contributed by atoms with Crippen molar-refractivity contribution in [3.05, 3.63) is 77.9 Å². The second kappa shape index (κ2) is 8.57. The number of phenols is 1. The first-order chi connectivity index (χ1) is 17.0. The fourth-order valence-electron chi connectivity index (χ4n) is 6.70. The third-order valence-corrected chi connectivity index (χ3v) is 9.63. The highest BCUT2D eigenvalue weighted by Gasteiger charge is 2.51. The Hall–Kier alpha value is -3.03. The van der Waals surface area contributed by atoms with Gasteiger partial charge in [0.15, 0.2) is 0 Å². The number of sulfonamides is 1. The highest BCUT2D eigenvalue weighted by molar-refractivity contribution is 7.92. The van der Waals surface area contributed by atoms with Crippen LogP contribution in [0.15, 0.2) is 71.6 Å². The van der Waals surface area contributed by atoms with Crippen LogP contribution in [-0.2, 0) is 21.9 Å². The number of rotatable bonds is 5. The molecular weight excluding hydrogens is 458 g/mol. The molecule has 4 N–H and O–H groups in total. The summed E-state index contributed by atoms with van der Waals surface area (Å²) in [5.41, 5.74) is 4.38. The summed E-state index contributed by atoms with van der Waals surface area (Å²) in [6.07, 6.45) is 7.07. The molecule has 3 aromatic rings. The zero-order valence-electron chi connectivity index (χ0n) is 19.6. The maximum absolute atomic E-state index is 12.9. The lowest BCUT2D eigenvalue weighted by Crippen LogP contribution is -2.59. The summed E-state index contributed by atoms with van der Waals surface area (Å²) >= 11 is 0. The van der Waals surface area contributed by atoms with E-state index in [0.717, 1.165) is 19.4 Å². The highest BCUT2D eigenvalue weighted by Crippen LogP contribution is 2.55. The number of phenolic OH excluding ortho intramolecular Hbond substituents is 1. The summed E-state index contributed by atoms with van der Waals surface area (Å²) < 4.78 is 28.5. The second-order valence-electron chi connectivity index (χ2n) is 10.1. The molecule has 0 amide bonds. The van der Waals surface area contributed by atoms with Crippen LogP contribution in [0.2, 0.25) is 0 Å². The summed E-state index contributed by atoms with van der Waals surface area (Å²) in [6.45, 7) is 1.04. The van der Waals surface area contributed by atoms with E-state index in [1.165, 1.54) is 36.8 Å². The monoisotopic (exact) mass is 489 g/mol. The Morgan fingerprint density at radius 2 is 1.69 bits per heavy atom. The van der Waals surface area contributed by atoms with Gasteiger partial charge in [-0.2, -0.15) is 0 Å². The number of anilines is 3. The van der Waals surface area contributed by atoms with E-state index in [1.54, 1.807) is 42.5 Å². The molecule has 3 aliphatic rings. The molecule has 1 saturated heterocycles. The number of para-hydroxylation sites is 2. The van der Waals surface area contributed by atoms with E-state index in [0.29, 0.717) is 29.0 Å². The van der Waals surface area contributed by atoms with E-state index < -0.39 is 10.0 Å². The van der Waals surface area contributed by atoms with Gasteiger partial charge in [-0.1, -0.05) is 43.2 Å². The lowest BCUT2D eigenvalue weighted by molar-refractivity contribution is 0.0796. The van der Waals surface area contributed by atoms with E-state index in [9.17, 15) is 13.5 Å². The van der Waals surface area contributed by atoms with Crippen molar-refractivity contribution in [2.75, 3.05) is 16.6 Å². The lowest BCUT2D eigenvalue weighted by Gasteiger charge is -2.56. The van der Waals surface area contributed by atoms with Crippen molar-refractivity contribution in [3.8, 4) is 5.75 Å². The van der Waals surface area contributed by atoms with E-state index >= 15 is 0 Å². The minimum atomic E-state index is -3.74. The second-order valence-corrected chi connectivity index (χ2v) is 11.8. The first-order valence-electron chi connectivity index (χ1n) is 12.5. The average molecular weight is 490 g/mol. The van der Waals surface area contributed by atoms with E-state index in [2.05, 4.69) is 21.4 Å². The topological polar surface area (TPSA) is 90.5 Å². The number of nitrogens with one attached hydrogen (secondary N) is 3. The predicted octanol–water partition coefficient (Wildman–Crippen LogP) is 5.28. The first kappa shape index (κ1) is 22.4. The van der Waals surface area contributed by atoms with E-state index in [-0.39, 0.29) is 16.1 Å². The molecule has 0 spiro atoms.